The Balaban J connectivity index is 3.39. The van der Waals surface area contributed by atoms with Crippen molar-refractivity contribution in [3.05, 3.63) is 11.8 Å². The third-order valence-corrected chi connectivity index (χ3v) is 0.998. The summed E-state index contributed by atoms with van der Waals surface area (Å²) in [6.45, 7) is 1.79. The molecule has 0 aliphatic heterocycles. The standard InChI is InChI=1S/C6H11NO2/c1-2-5(7)3-4-6(8)9/h2H,3-4,7H2,1H3,(H,8,9). The van der Waals surface area contributed by atoms with E-state index in [-0.39, 0.29) is 6.42 Å². The van der Waals surface area contributed by atoms with Crippen LogP contribution in [0.15, 0.2) is 11.8 Å². The summed E-state index contributed by atoms with van der Waals surface area (Å²) in [5.41, 5.74) is 5.96. The monoisotopic (exact) mass is 129 g/mol. The fourth-order valence-electron chi connectivity index (χ4n) is 0.396. The molecule has 0 heterocycles. The molecule has 0 fully saturated rings. The van der Waals surface area contributed by atoms with Crippen molar-refractivity contribution in [2.75, 3.05) is 0 Å². The van der Waals surface area contributed by atoms with Gasteiger partial charge in [-0.15, -0.1) is 0 Å². The van der Waals surface area contributed by atoms with Crippen LogP contribution >= 0.6 is 0 Å². The zero-order valence-corrected chi connectivity index (χ0v) is 5.42. The minimum Gasteiger partial charge on any atom is -0.481 e. The Morgan fingerprint density at radius 3 is 2.56 bits per heavy atom. The van der Waals surface area contributed by atoms with Gasteiger partial charge in [-0.1, -0.05) is 6.08 Å². The first-order valence-electron chi connectivity index (χ1n) is 2.79. The minimum absolute atomic E-state index is 0.121. The molecule has 0 aliphatic rings. The zero-order chi connectivity index (χ0) is 7.28. The molecule has 3 nitrogen and oxygen atoms in total. The van der Waals surface area contributed by atoms with Crippen LogP contribution in [0, 0.1) is 0 Å². The maximum Gasteiger partial charge on any atom is 0.303 e. The van der Waals surface area contributed by atoms with Crippen molar-refractivity contribution in [3.63, 3.8) is 0 Å². The van der Waals surface area contributed by atoms with E-state index in [0.717, 1.165) is 0 Å². The maximum atomic E-state index is 9.94. The SMILES string of the molecule is CC=C(N)CCC(=O)O. The van der Waals surface area contributed by atoms with Crippen LogP contribution in [0.4, 0.5) is 0 Å². The molecule has 0 aromatic carbocycles. The highest BCUT2D eigenvalue weighted by molar-refractivity contribution is 5.66. The zero-order valence-electron chi connectivity index (χ0n) is 5.42. The topological polar surface area (TPSA) is 63.3 Å². The van der Waals surface area contributed by atoms with Gasteiger partial charge in [0.15, 0.2) is 0 Å². The first-order chi connectivity index (χ1) is 4.16. The molecule has 0 aromatic rings. The van der Waals surface area contributed by atoms with Gasteiger partial charge in [0.25, 0.3) is 0 Å². The fourth-order valence-corrected chi connectivity index (χ4v) is 0.396. The average molecular weight is 129 g/mol. The van der Waals surface area contributed by atoms with Crippen LogP contribution in [0.25, 0.3) is 0 Å². The lowest BCUT2D eigenvalue weighted by molar-refractivity contribution is -0.136. The Bertz CT molecular complexity index is 129. The van der Waals surface area contributed by atoms with E-state index in [1.165, 1.54) is 0 Å². The molecule has 0 saturated heterocycles. The van der Waals surface area contributed by atoms with E-state index in [2.05, 4.69) is 0 Å². The predicted octanol–water partition coefficient (Wildman–Crippen LogP) is 0.714. The van der Waals surface area contributed by atoms with Gasteiger partial charge in [-0.2, -0.15) is 0 Å². The molecule has 0 spiro atoms. The maximum absolute atomic E-state index is 9.94. The van der Waals surface area contributed by atoms with Gasteiger partial charge in [0.2, 0.25) is 0 Å². The molecule has 0 rings (SSSR count). The Hall–Kier alpha value is -0.990. The lowest BCUT2D eigenvalue weighted by Gasteiger charge is -1.94. The summed E-state index contributed by atoms with van der Waals surface area (Å²) in [6, 6.07) is 0. The second kappa shape index (κ2) is 3.95. The minimum atomic E-state index is -0.806. The van der Waals surface area contributed by atoms with Crippen molar-refractivity contribution < 1.29 is 9.90 Å². The van der Waals surface area contributed by atoms with Crippen LogP contribution in [-0.2, 0) is 4.79 Å². The van der Waals surface area contributed by atoms with E-state index in [9.17, 15) is 4.79 Å². The Labute approximate surface area is 54.2 Å². The summed E-state index contributed by atoms with van der Waals surface area (Å²) in [6.07, 6.45) is 2.28. The molecule has 3 heteroatoms. The van der Waals surface area contributed by atoms with Gasteiger partial charge in [-0.25, -0.2) is 0 Å². The van der Waals surface area contributed by atoms with Crippen molar-refractivity contribution in [1.82, 2.24) is 0 Å². The van der Waals surface area contributed by atoms with Crippen LogP contribution < -0.4 is 5.73 Å². The summed E-state index contributed by atoms with van der Waals surface area (Å²) in [7, 11) is 0. The van der Waals surface area contributed by atoms with Crippen molar-refractivity contribution in [1.29, 1.82) is 0 Å². The van der Waals surface area contributed by atoms with Crippen LogP contribution in [0.1, 0.15) is 19.8 Å². The van der Waals surface area contributed by atoms with E-state index >= 15 is 0 Å². The third-order valence-electron chi connectivity index (χ3n) is 0.998. The van der Waals surface area contributed by atoms with E-state index in [1.54, 1.807) is 13.0 Å². The molecule has 3 N–H and O–H groups in total. The van der Waals surface area contributed by atoms with Gasteiger partial charge in [-0.3, -0.25) is 4.79 Å². The Kier molecular flexibility index (Phi) is 3.51. The predicted molar refractivity (Wildman–Crippen MR) is 34.8 cm³/mol. The molecular weight excluding hydrogens is 118 g/mol. The van der Waals surface area contributed by atoms with Gasteiger partial charge in [-0.05, 0) is 13.3 Å². The number of hydrogen-bond acceptors (Lipinski definition) is 2. The molecule has 0 aliphatic carbocycles. The molecule has 9 heavy (non-hydrogen) atoms. The van der Waals surface area contributed by atoms with Gasteiger partial charge in [0.05, 0.1) is 6.42 Å². The molecule has 0 bridgehead atoms. The number of nitrogens with two attached hydrogens (primary N) is 1. The van der Waals surface area contributed by atoms with Gasteiger partial charge < -0.3 is 10.8 Å². The van der Waals surface area contributed by atoms with Crippen molar-refractivity contribution in [3.8, 4) is 0 Å². The molecule has 0 atom stereocenters. The summed E-state index contributed by atoms with van der Waals surface area (Å²) in [4.78, 5) is 9.94. The highest BCUT2D eigenvalue weighted by Crippen LogP contribution is 1.96. The number of carboxylic acid groups (broad SMARTS) is 1. The second-order valence-corrected chi connectivity index (χ2v) is 1.76. The average Bonchev–Trinajstić information content (AvgIpc) is 1.83. The summed E-state index contributed by atoms with van der Waals surface area (Å²) >= 11 is 0. The number of aliphatic carboxylic acids is 1. The molecule has 0 unspecified atom stereocenters. The highest BCUT2D eigenvalue weighted by Gasteiger charge is 1.95. The van der Waals surface area contributed by atoms with E-state index in [1.807, 2.05) is 0 Å². The number of hydrogen-bond donors (Lipinski definition) is 2. The fraction of sp³-hybridized carbons (Fsp3) is 0.500. The first kappa shape index (κ1) is 8.01. The van der Waals surface area contributed by atoms with Crippen molar-refractivity contribution in [2.24, 2.45) is 5.73 Å². The molecule has 0 saturated carbocycles. The van der Waals surface area contributed by atoms with Gasteiger partial charge >= 0.3 is 5.97 Å². The third kappa shape index (κ3) is 4.87. The van der Waals surface area contributed by atoms with Crippen LogP contribution in [0.3, 0.4) is 0 Å². The number of rotatable bonds is 3. The van der Waals surface area contributed by atoms with Crippen molar-refractivity contribution >= 4 is 5.97 Å². The Morgan fingerprint density at radius 1 is 1.67 bits per heavy atom. The lowest BCUT2D eigenvalue weighted by Crippen LogP contribution is -2.01. The Morgan fingerprint density at radius 2 is 2.22 bits per heavy atom. The van der Waals surface area contributed by atoms with Crippen LogP contribution in [0.2, 0.25) is 0 Å². The van der Waals surface area contributed by atoms with E-state index in [0.29, 0.717) is 12.1 Å². The normalized spacial score (nSPS) is 11.4. The lowest BCUT2D eigenvalue weighted by atomic mass is 10.2. The summed E-state index contributed by atoms with van der Waals surface area (Å²) in [5.74, 6) is -0.806. The number of carbonyl (C=O) groups is 1. The van der Waals surface area contributed by atoms with Gasteiger partial charge in [0.1, 0.15) is 0 Å². The van der Waals surface area contributed by atoms with Gasteiger partial charge in [0, 0.05) is 5.70 Å². The quantitative estimate of drug-likeness (QED) is 0.590. The highest BCUT2D eigenvalue weighted by atomic mass is 16.4. The second-order valence-electron chi connectivity index (χ2n) is 1.76. The molecule has 0 amide bonds. The molecule has 52 valence electrons. The van der Waals surface area contributed by atoms with E-state index < -0.39 is 5.97 Å². The van der Waals surface area contributed by atoms with Crippen LogP contribution in [-0.4, -0.2) is 11.1 Å². The summed E-state index contributed by atoms with van der Waals surface area (Å²) < 4.78 is 0. The largest absolute Gasteiger partial charge is 0.481 e. The number of allylic oxidation sites excluding steroid dienone is 2. The number of carboxylic acids is 1. The summed E-state index contributed by atoms with van der Waals surface area (Å²) in [5, 5.41) is 8.18. The van der Waals surface area contributed by atoms with E-state index in [4.69, 9.17) is 10.8 Å². The van der Waals surface area contributed by atoms with Crippen molar-refractivity contribution in [2.45, 2.75) is 19.8 Å². The first-order valence-corrected chi connectivity index (χ1v) is 2.79. The smallest absolute Gasteiger partial charge is 0.303 e. The molecular formula is C6H11NO2. The molecule has 0 aromatic heterocycles. The van der Waals surface area contributed by atoms with Crippen LogP contribution in [0.5, 0.6) is 0 Å². The molecule has 0 radical (unpaired) electrons.